The van der Waals surface area contributed by atoms with Crippen LogP contribution in [0.4, 0.5) is 5.82 Å². The molecule has 1 aliphatic rings. The van der Waals surface area contributed by atoms with Gasteiger partial charge >= 0.3 is 0 Å². The maximum Gasteiger partial charge on any atom is 0.213 e. The molecule has 1 N–H and O–H groups in total. The molecule has 32 heavy (non-hydrogen) atoms. The molecule has 0 aliphatic heterocycles. The lowest BCUT2D eigenvalue weighted by Gasteiger charge is -2.29. The van der Waals surface area contributed by atoms with E-state index in [1.54, 1.807) is 18.0 Å². The van der Waals surface area contributed by atoms with Gasteiger partial charge in [0.05, 0.1) is 31.1 Å². The Labute approximate surface area is 186 Å². The van der Waals surface area contributed by atoms with Crippen LogP contribution in [0.2, 0.25) is 0 Å². The Hall–Kier alpha value is -3.62. The number of fused-ring (bicyclic) bond motifs is 1. The molecule has 4 aromatic heterocycles. The van der Waals surface area contributed by atoms with E-state index in [9.17, 15) is 0 Å². The molecule has 166 valence electrons. The summed E-state index contributed by atoms with van der Waals surface area (Å²) in [5.41, 5.74) is 2.94. The number of aryl methyl sites for hydroxylation is 2. The van der Waals surface area contributed by atoms with E-state index in [4.69, 9.17) is 9.47 Å². The minimum absolute atomic E-state index is 0.206. The second-order valence-corrected chi connectivity index (χ2v) is 8.23. The van der Waals surface area contributed by atoms with Gasteiger partial charge in [0.15, 0.2) is 0 Å². The maximum absolute atomic E-state index is 6.09. The second kappa shape index (κ2) is 8.49. The zero-order valence-electron chi connectivity index (χ0n) is 18.5. The third-order valence-electron chi connectivity index (χ3n) is 5.96. The topological polar surface area (TPSA) is 91.9 Å². The van der Waals surface area contributed by atoms with Crippen LogP contribution in [0.5, 0.6) is 11.6 Å². The summed E-state index contributed by atoms with van der Waals surface area (Å²) in [6.07, 6.45) is 11.7. The van der Waals surface area contributed by atoms with Crippen molar-refractivity contribution in [2.75, 3.05) is 12.4 Å². The average molecular weight is 434 g/mol. The lowest BCUT2D eigenvalue weighted by molar-refractivity contribution is 0.149. The van der Waals surface area contributed by atoms with Gasteiger partial charge in [-0.2, -0.15) is 10.2 Å². The fourth-order valence-electron chi connectivity index (χ4n) is 4.27. The Morgan fingerprint density at radius 2 is 1.88 bits per heavy atom. The number of ether oxygens (including phenoxy) is 2. The Balaban J connectivity index is 1.22. The van der Waals surface area contributed by atoms with Crippen LogP contribution in [0.25, 0.3) is 22.2 Å². The van der Waals surface area contributed by atoms with Crippen LogP contribution in [0.15, 0.2) is 43.0 Å². The monoisotopic (exact) mass is 433 g/mol. The van der Waals surface area contributed by atoms with Gasteiger partial charge in [0.2, 0.25) is 5.88 Å². The molecule has 9 nitrogen and oxygen atoms in total. The first-order valence-electron chi connectivity index (χ1n) is 10.8. The van der Waals surface area contributed by atoms with E-state index < -0.39 is 0 Å². The van der Waals surface area contributed by atoms with Crippen molar-refractivity contribution in [2.45, 2.75) is 37.8 Å². The van der Waals surface area contributed by atoms with Crippen LogP contribution in [0, 0.1) is 0 Å². The van der Waals surface area contributed by atoms with Crippen LogP contribution in [0.1, 0.15) is 25.7 Å². The number of anilines is 1. The fourth-order valence-corrected chi connectivity index (χ4v) is 4.27. The van der Waals surface area contributed by atoms with E-state index in [0.29, 0.717) is 11.9 Å². The number of hydrogen-bond donors (Lipinski definition) is 1. The molecule has 4 heterocycles. The minimum Gasteiger partial charge on any atom is -0.489 e. The zero-order chi connectivity index (χ0) is 22.1. The van der Waals surface area contributed by atoms with Crippen molar-refractivity contribution in [3.63, 3.8) is 0 Å². The molecular formula is C23H27N7O2. The average Bonchev–Trinajstić information content (AvgIpc) is 3.38. The largest absolute Gasteiger partial charge is 0.489 e. The van der Waals surface area contributed by atoms with Crippen molar-refractivity contribution < 1.29 is 9.47 Å². The molecule has 0 atom stereocenters. The third-order valence-corrected chi connectivity index (χ3v) is 5.96. The first-order chi connectivity index (χ1) is 15.6. The van der Waals surface area contributed by atoms with Gasteiger partial charge < -0.3 is 14.8 Å². The summed E-state index contributed by atoms with van der Waals surface area (Å²) in [6.45, 7) is 0. The Kier molecular flexibility index (Phi) is 5.38. The van der Waals surface area contributed by atoms with Crippen molar-refractivity contribution in [1.29, 1.82) is 0 Å². The lowest BCUT2D eigenvalue weighted by atomic mass is 9.93. The molecule has 0 saturated heterocycles. The first kappa shape index (κ1) is 20.3. The second-order valence-electron chi connectivity index (χ2n) is 8.23. The van der Waals surface area contributed by atoms with Crippen LogP contribution in [-0.4, -0.2) is 48.8 Å². The van der Waals surface area contributed by atoms with Crippen LogP contribution in [0.3, 0.4) is 0 Å². The fraction of sp³-hybridized carbons (Fsp3) is 0.391. The standard InChI is InChI=1S/C23H27N7O2/c1-29-14-15(11-26-29)23-19-13-24-21(10-20(19)30(2)28-23)27-16-4-6-17(7-5-16)32-18-8-9-22(31-3)25-12-18/h8-14,16-17H,4-7H2,1-3H3,(H,24,27). The number of hydrogen-bond acceptors (Lipinski definition) is 7. The van der Waals surface area contributed by atoms with Crippen molar-refractivity contribution >= 4 is 16.7 Å². The van der Waals surface area contributed by atoms with Gasteiger partial charge in [-0.25, -0.2) is 9.97 Å². The van der Waals surface area contributed by atoms with E-state index in [-0.39, 0.29) is 6.10 Å². The summed E-state index contributed by atoms with van der Waals surface area (Å²) in [5.74, 6) is 2.26. The minimum atomic E-state index is 0.206. The number of pyridine rings is 2. The Morgan fingerprint density at radius 1 is 1.03 bits per heavy atom. The molecule has 0 amide bonds. The number of nitrogens with one attached hydrogen (secondary N) is 1. The van der Waals surface area contributed by atoms with Crippen molar-refractivity contribution in [2.24, 2.45) is 14.1 Å². The Morgan fingerprint density at radius 3 is 2.56 bits per heavy atom. The predicted octanol–water partition coefficient (Wildman–Crippen LogP) is 3.57. The van der Waals surface area contributed by atoms with Gasteiger partial charge in [-0.15, -0.1) is 0 Å². The molecule has 5 rings (SSSR count). The van der Waals surface area contributed by atoms with Gasteiger partial charge in [0, 0.05) is 55.6 Å². The summed E-state index contributed by atoms with van der Waals surface area (Å²) in [7, 11) is 5.48. The Bertz CT molecular complexity index is 1210. The number of aromatic nitrogens is 6. The summed E-state index contributed by atoms with van der Waals surface area (Å²) >= 11 is 0. The molecule has 1 fully saturated rings. The van der Waals surface area contributed by atoms with Gasteiger partial charge in [0.25, 0.3) is 0 Å². The van der Waals surface area contributed by atoms with E-state index in [1.807, 2.05) is 49.5 Å². The van der Waals surface area contributed by atoms with E-state index in [1.165, 1.54) is 0 Å². The molecule has 1 aliphatic carbocycles. The number of methoxy groups -OCH3 is 1. The highest BCUT2D eigenvalue weighted by atomic mass is 16.5. The first-order valence-corrected chi connectivity index (χ1v) is 10.8. The van der Waals surface area contributed by atoms with Crippen molar-refractivity contribution in [3.05, 3.63) is 43.0 Å². The van der Waals surface area contributed by atoms with Crippen LogP contribution in [-0.2, 0) is 14.1 Å². The summed E-state index contributed by atoms with van der Waals surface area (Å²) in [4.78, 5) is 8.88. The van der Waals surface area contributed by atoms with Crippen molar-refractivity contribution in [1.82, 2.24) is 29.5 Å². The molecule has 0 spiro atoms. The molecule has 4 aromatic rings. The van der Waals surface area contributed by atoms with Crippen molar-refractivity contribution in [3.8, 4) is 22.9 Å². The predicted molar refractivity (Wildman–Crippen MR) is 122 cm³/mol. The summed E-state index contributed by atoms with van der Waals surface area (Å²) in [6, 6.07) is 6.18. The van der Waals surface area contributed by atoms with Gasteiger partial charge in [-0.05, 0) is 31.7 Å². The molecule has 0 radical (unpaired) electrons. The highest BCUT2D eigenvalue weighted by molar-refractivity contribution is 5.93. The molecule has 0 aromatic carbocycles. The van der Waals surface area contributed by atoms with Crippen LogP contribution >= 0.6 is 0 Å². The van der Waals surface area contributed by atoms with Gasteiger partial charge in [-0.3, -0.25) is 9.36 Å². The molecule has 1 saturated carbocycles. The maximum atomic E-state index is 6.09. The van der Waals surface area contributed by atoms with Gasteiger partial charge in [-0.1, -0.05) is 0 Å². The van der Waals surface area contributed by atoms with E-state index >= 15 is 0 Å². The highest BCUT2D eigenvalue weighted by Crippen LogP contribution is 2.30. The van der Waals surface area contributed by atoms with E-state index in [2.05, 4.69) is 31.5 Å². The SMILES string of the molecule is COc1ccc(OC2CCC(Nc3cc4c(cn3)c(-c3cnn(C)c3)nn4C)CC2)cn1. The molecular weight excluding hydrogens is 406 g/mol. The summed E-state index contributed by atoms with van der Waals surface area (Å²) in [5, 5.41) is 13.6. The summed E-state index contributed by atoms with van der Waals surface area (Å²) < 4.78 is 14.9. The zero-order valence-corrected chi connectivity index (χ0v) is 18.5. The molecule has 0 unspecified atom stereocenters. The molecule has 0 bridgehead atoms. The quantitative estimate of drug-likeness (QED) is 0.497. The lowest BCUT2D eigenvalue weighted by Crippen LogP contribution is -2.31. The third kappa shape index (κ3) is 4.10. The smallest absolute Gasteiger partial charge is 0.213 e. The number of rotatable bonds is 6. The number of nitrogens with zero attached hydrogens (tertiary/aromatic N) is 6. The molecule has 9 heteroatoms. The normalized spacial score (nSPS) is 18.6. The van der Waals surface area contributed by atoms with E-state index in [0.717, 1.165) is 59.4 Å². The highest BCUT2D eigenvalue weighted by Gasteiger charge is 2.23. The van der Waals surface area contributed by atoms with Gasteiger partial charge in [0.1, 0.15) is 17.3 Å². The van der Waals surface area contributed by atoms with Crippen LogP contribution < -0.4 is 14.8 Å².